The molecule has 0 saturated carbocycles. The number of hydrogen-bond acceptors (Lipinski definition) is 4. The van der Waals surface area contributed by atoms with Crippen molar-refractivity contribution in [3.05, 3.63) is 90.0 Å². The van der Waals surface area contributed by atoms with Crippen molar-refractivity contribution in [2.75, 3.05) is 21.9 Å². The van der Waals surface area contributed by atoms with E-state index in [1.807, 2.05) is 36.4 Å². The molecule has 1 N–H and O–H groups in total. The first-order valence-corrected chi connectivity index (χ1v) is 11.3. The van der Waals surface area contributed by atoms with Gasteiger partial charge in [-0.05, 0) is 54.4 Å². The number of anilines is 2. The van der Waals surface area contributed by atoms with Gasteiger partial charge in [0.25, 0.3) is 5.91 Å². The summed E-state index contributed by atoms with van der Waals surface area (Å²) in [5, 5.41) is 2.84. The molecule has 1 saturated heterocycles. The number of carbonyl (C=O) groups is 1. The van der Waals surface area contributed by atoms with Gasteiger partial charge in [-0.1, -0.05) is 36.4 Å². The molecule has 4 rings (SSSR count). The highest BCUT2D eigenvalue weighted by atomic mass is 32.2. The van der Waals surface area contributed by atoms with Gasteiger partial charge in [0.15, 0.2) is 0 Å². The third kappa shape index (κ3) is 4.63. The largest absolute Gasteiger partial charge is 0.489 e. The van der Waals surface area contributed by atoms with E-state index in [4.69, 9.17) is 4.74 Å². The highest BCUT2D eigenvalue weighted by molar-refractivity contribution is 7.93. The van der Waals surface area contributed by atoms with E-state index in [1.165, 1.54) is 4.31 Å². The highest BCUT2D eigenvalue weighted by Gasteiger charge is 2.28. The first-order valence-electron chi connectivity index (χ1n) is 9.70. The maximum Gasteiger partial charge on any atom is 0.255 e. The van der Waals surface area contributed by atoms with E-state index < -0.39 is 10.0 Å². The second-order valence-electron chi connectivity index (χ2n) is 7.04. The molecule has 1 amide bonds. The Hall–Kier alpha value is -3.32. The molecule has 0 aromatic heterocycles. The topological polar surface area (TPSA) is 75.7 Å². The average Bonchev–Trinajstić information content (AvgIpc) is 3.13. The van der Waals surface area contributed by atoms with Gasteiger partial charge < -0.3 is 10.1 Å². The molecular formula is C23H22N2O4S. The SMILES string of the molecule is O=C(Nc1ccc(N2CCCS2(=O)=O)cc1)c1cccc(OCc2ccccc2)c1. The third-order valence-corrected chi connectivity index (χ3v) is 6.73. The van der Waals surface area contributed by atoms with Crippen molar-refractivity contribution < 1.29 is 17.9 Å². The van der Waals surface area contributed by atoms with Gasteiger partial charge in [-0.2, -0.15) is 0 Å². The predicted molar refractivity (Wildman–Crippen MR) is 117 cm³/mol. The number of amides is 1. The van der Waals surface area contributed by atoms with E-state index in [2.05, 4.69) is 5.32 Å². The Morgan fingerprint density at radius 3 is 2.43 bits per heavy atom. The fraction of sp³-hybridized carbons (Fsp3) is 0.174. The minimum Gasteiger partial charge on any atom is -0.489 e. The summed E-state index contributed by atoms with van der Waals surface area (Å²) in [5.74, 6) is 0.525. The molecule has 0 aliphatic carbocycles. The van der Waals surface area contributed by atoms with E-state index in [0.717, 1.165) is 5.56 Å². The molecule has 3 aromatic rings. The maximum absolute atomic E-state index is 12.6. The second kappa shape index (κ2) is 8.59. The number of sulfonamides is 1. The Morgan fingerprint density at radius 1 is 0.967 bits per heavy atom. The number of hydrogen-bond donors (Lipinski definition) is 1. The van der Waals surface area contributed by atoms with Gasteiger partial charge in [-0.15, -0.1) is 0 Å². The summed E-state index contributed by atoms with van der Waals surface area (Å²) in [5.41, 5.74) is 2.73. The Bertz CT molecular complexity index is 1130. The number of ether oxygens (including phenoxy) is 1. The van der Waals surface area contributed by atoms with Gasteiger partial charge >= 0.3 is 0 Å². The van der Waals surface area contributed by atoms with Gasteiger partial charge in [0.2, 0.25) is 10.0 Å². The van der Waals surface area contributed by atoms with Crippen LogP contribution < -0.4 is 14.4 Å². The number of nitrogens with zero attached hydrogens (tertiary/aromatic N) is 1. The standard InChI is InChI=1S/C23H22N2O4S/c26-23(19-8-4-9-22(16-19)29-17-18-6-2-1-3-7-18)24-20-10-12-21(13-11-20)25-14-5-15-30(25,27)28/h1-4,6-13,16H,5,14-15,17H2,(H,24,26). The molecule has 7 heteroatoms. The molecule has 0 radical (unpaired) electrons. The number of carbonyl (C=O) groups excluding carboxylic acids is 1. The summed E-state index contributed by atoms with van der Waals surface area (Å²) in [7, 11) is -3.22. The molecule has 1 fully saturated rings. The quantitative estimate of drug-likeness (QED) is 0.650. The van der Waals surface area contributed by atoms with Crippen molar-refractivity contribution in [3.63, 3.8) is 0 Å². The predicted octanol–water partition coefficient (Wildman–Crippen LogP) is 4.06. The molecular weight excluding hydrogens is 400 g/mol. The highest BCUT2D eigenvalue weighted by Crippen LogP contribution is 2.25. The van der Waals surface area contributed by atoms with E-state index >= 15 is 0 Å². The van der Waals surface area contributed by atoms with Crippen molar-refractivity contribution in [2.45, 2.75) is 13.0 Å². The Kier molecular flexibility index (Phi) is 5.72. The van der Waals surface area contributed by atoms with Crippen LogP contribution in [0.15, 0.2) is 78.9 Å². The smallest absolute Gasteiger partial charge is 0.255 e. The molecule has 3 aromatic carbocycles. The van der Waals surface area contributed by atoms with Crippen LogP contribution in [0.4, 0.5) is 11.4 Å². The van der Waals surface area contributed by atoms with Crippen LogP contribution in [0.5, 0.6) is 5.75 Å². The average molecular weight is 423 g/mol. The second-order valence-corrected chi connectivity index (χ2v) is 9.06. The van der Waals surface area contributed by atoms with Crippen molar-refractivity contribution in [1.82, 2.24) is 0 Å². The van der Waals surface area contributed by atoms with Gasteiger partial charge in [-0.3, -0.25) is 9.10 Å². The maximum atomic E-state index is 12.6. The summed E-state index contributed by atoms with van der Waals surface area (Å²) >= 11 is 0. The molecule has 154 valence electrons. The van der Waals surface area contributed by atoms with Gasteiger partial charge in [0.1, 0.15) is 12.4 Å². The van der Waals surface area contributed by atoms with Gasteiger partial charge in [-0.25, -0.2) is 8.42 Å². The van der Waals surface area contributed by atoms with E-state index in [9.17, 15) is 13.2 Å². The molecule has 1 aliphatic rings. The lowest BCUT2D eigenvalue weighted by molar-refractivity contribution is 0.102. The number of nitrogens with one attached hydrogen (secondary N) is 1. The number of rotatable bonds is 6. The molecule has 1 aliphatic heterocycles. The summed E-state index contributed by atoms with van der Waals surface area (Å²) in [4.78, 5) is 12.6. The lowest BCUT2D eigenvalue weighted by atomic mass is 10.2. The lowest BCUT2D eigenvalue weighted by Crippen LogP contribution is -2.24. The normalized spacial score (nSPS) is 15.0. The van der Waals surface area contributed by atoms with Crippen LogP contribution in [-0.4, -0.2) is 26.6 Å². The van der Waals surface area contributed by atoms with Crippen molar-refractivity contribution in [3.8, 4) is 5.75 Å². The molecule has 0 bridgehead atoms. The Morgan fingerprint density at radius 2 is 1.73 bits per heavy atom. The van der Waals surface area contributed by atoms with Crippen LogP contribution in [0.1, 0.15) is 22.3 Å². The van der Waals surface area contributed by atoms with E-state index in [-0.39, 0.29) is 11.7 Å². The third-order valence-electron chi connectivity index (χ3n) is 4.86. The zero-order chi connectivity index (χ0) is 21.0. The fourth-order valence-electron chi connectivity index (χ4n) is 3.31. The van der Waals surface area contributed by atoms with Crippen LogP contribution in [-0.2, 0) is 16.6 Å². The summed E-state index contributed by atoms with van der Waals surface area (Å²) in [6.07, 6.45) is 0.628. The van der Waals surface area contributed by atoms with E-state index in [1.54, 1.807) is 42.5 Å². The van der Waals surface area contributed by atoms with Crippen LogP contribution in [0, 0.1) is 0 Å². The molecule has 0 unspecified atom stereocenters. The van der Waals surface area contributed by atoms with Crippen molar-refractivity contribution in [1.29, 1.82) is 0 Å². The minimum atomic E-state index is -3.22. The Labute approximate surface area is 176 Å². The minimum absolute atomic E-state index is 0.175. The zero-order valence-corrected chi connectivity index (χ0v) is 17.1. The fourth-order valence-corrected chi connectivity index (χ4v) is 4.88. The molecule has 6 nitrogen and oxygen atoms in total. The van der Waals surface area contributed by atoms with Gasteiger partial charge in [0.05, 0.1) is 11.4 Å². The first kappa shape index (κ1) is 20.0. The summed E-state index contributed by atoms with van der Waals surface area (Å²) < 4.78 is 31.3. The monoisotopic (exact) mass is 422 g/mol. The van der Waals surface area contributed by atoms with E-state index in [0.29, 0.717) is 42.3 Å². The molecule has 0 atom stereocenters. The van der Waals surface area contributed by atoms with Crippen LogP contribution in [0.3, 0.4) is 0 Å². The summed E-state index contributed by atoms with van der Waals surface area (Å²) in [6.45, 7) is 0.913. The van der Waals surface area contributed by atoms with Crippen LogP contribution in [0.2, 0.25) is 0 Å². The molecule has 1 heterocycles. The Balaban J connectivity index is 1.40. The molecule has 0 spiro atoms. The number of benzene rings is 3. The summed E-state index contributed by atoms with van der Waals surface area (Å²) in [6, 6.07) is 23.6. The zero-order valence-electron chi connectivity index (χ0n) is 16.3. The van der Waals surface area contributed by atoms with Crippen molar-refractivity contribution >= 4 is 27.3 Å². The first-order chi connectivity index (χ1) is 14.5. The van der Waals surface area contributed by atoms with Gasteiger partial charge in [0, 0.05) is 17.8 Å². The van der Waals surface area contributed by atoms with Crippen molar-refractivity contribution in [2.24, 2.45) is 0 Å². The van der Waals surface area contributed by atoms with Crippen LogP contribution >= 0.6 is 0 Å². The van der Waals surface area contributed by atoms with Crippen LogP contribution in [0.25, 0.3) is 0 Å². The lowest BCUT2D eigenvalue weighted by Gasteiger charge is -2.17. The molecule has 30 heavy (non-hydrogen) atoms.